The van der Waals surface area contributed by atoms with Gasteiger partial charge in [0.2, 0.25) is 10.0 Å². The van der Waals surface area contributed by atoms with Gasteiger partial charge in [-0.25, -0.2) is 21.6 Å². The van der Waals surface area contributed by atoms with E-state index in [1.54, 1.807) is 0 Å². The maximum atomic E-state index is 12.3. The summed E-state index contributed by atoms with van der Waals surface area (Å²) in [6.45, 7) is 0.181. The molecule has 1 aliphatic rings. The number of sulfonamides is 1. The number of benzene rings is 1. The summed E-state index contributed by atoms with van der Waals surface area (Å²) in [5.41, 5.74) is 1.74. The molecule has 0 radical (unpaired) electrons. The number of hydrogen-bond donors (Lipinski definition) is 2. The maximum Gasteiger partial charge on any atom is 0.214 e. The van der Waals surface area contributed by atoms with Crippen molar-refractivity contribution in [2.24, 2.45) is 0 Å². The van der Waals surface area contributed by atoms with Gasteiger partial charge in [0.15, 0.2) is 0 Å². The van der Waals surface area contributed by atoms with Gasteiger partial charge in [-0.3, -0.25) is 0 Å². The number of para-hydroxylation sites is 1. The van der Waals surface area contributed by atoms with Gasteiger partial charge in [0, 0.05) is 11.2 Å². The third-order valence-corrected chi connectivity index (χ3v) is 7.60. The molecular weight excluding hydrogens is 324 g/mol. The average molecular weight is 342 g/mol. The number of sulfone groups is 1. The van der Waals surface area contributed by atoms with E-state index in [9.17, 15) is 16.8 Å². The third-order valence-electron chi connectivity index (χ3n) is 3.99. The Kier molecular flexibility index (Phi) is 4.00. The Morgan fingerprint density at radius 3 is 2.55 bits per heavy atom. The molecule has 6 nitrogen and oxygen atoms in total. The summed E-state index contributed by atoms with van der Waals surface area (Å²) in [5, 5.41) is 0.404. The van der Waals surface area contributed by atoms with Crippen molar-refractivity contribution in [3.8, 4) is 0 Å². The predicted molar refractivity (Wildman–Crippen MR) is 85.7 cm³/mol. The first-order chi connectivity index (χ1) is 10.4. The molecule has 0 saturated carbocycles. The van der Waals surface area contributed by atoms with Crippen LogP contribution in [0.5, 0.6) is 0 Å². The summed E-state index contributed by atoms with van der Waals surface area (Å²) in [7, 11) is -6.56. The van der Waals surface area contributed by atoms with Crippen LogP contribution in [0.1, 0.15) is 18.5 Å². The van der Waals surface area contributed by atoms with Gasteiger partial charge in [-0.15, -0.1) is 0 Å². The van der Waals surface area contributed by atoms with E-state index in [1.807, 2.05) is 30.3 Å². The smallest absolute Gasteiger partial charge is 0.214 e. The van der Waals surface area contributed by atoms with Gasteiger partial charge in [0.25, 0.3) is 0 Å². The van der Waals surface area contributed by atoms with Crippen molar-refractivity contribution in [3.05, 3.63) is 36.0 Å². The first kappa shape index (κ1) is 15.5. The SMILES string of the molecule is O=S1(=O)CCC(S(=O)(=O)NCc2cc3ccccc3[nH]2)CC1. The third kappa shape index (κ3) is 3.34. The van der Waals surface area contributed by atoms with Crippen LogP contribution in [0.15, 0.2) is 30.3 Å². The molecule has 2 heterocycles. The highest BCUT2D eigenvalue weighted by Crippen LogP contribution is 2.19. The fourth-order valence-electron chi connectivity index (χ4n) is 2.70. The zero-order chi connectivity index (χ0) is 15.8. The van der Waals surface area contributed by atoms with Crippen LogP contribution < -0.4 is 4.72 Å². The first-order valence-corrected chi connectivity index (χ1v) is 10.5. The molecule has 0 aliphatic carbocycles. The second kappa shape index (κ2) is 5.68. The van der Waals surface area contributed by atoms with Gasteiger partial charge >= 0.3 is 0 Å². The second-order valence-electron chi connectivity index (χ2n) is 5.60. The second-order valence-corrected chi connectivity index (χ2v) is 9.95. The topological polar surface area (TPSA) is 96.1 Å². The molecule has 0 bridgehead atoms. The van der Waals surface area contributed by atoms with Crippen molar-refractivity contribution < 1.29 is 16.8 Å². The molecule has 1 fully saturated rings. The minimum Gasteiger partial charge on any atom is -0.357 e. The molecule has 1 aromatic heterocycles. The lowest BCUT2D eigenvalue weighted by atomic mass is 10.2. The Morgan fingerprint density at radius 2 is 1.86 bits per heavy atom. The predicted octanol–water partition coefficient (Wildman–Crippen LogP) is 1.16. The normalized spacial score (nSPS) is 19.5. The highest BCUT2D eigenvalue weighted by molar-refractivity contribution is 7.92. The van der Waals surface area contributed by atoms with E-state index in [4.69, 9.17) is 0 Å². The number of rotatable bonds is 4. The molecule has 2 aromatic rings. The Bertz CT molecular complexity index is 837. The molecule has 1 aromatic carbocycles. The number of fused-ring (bicyclic) bond motifs is 1. The maximum absolute atomic E-state index is 12.3. The van der Waals surface area contributed by atoms with Crippen LogP contribution in [0.2, 0.25) is 0 Å². The molecule has 3 rings (SSSR count). The van der Waals surface area contributed by atoms with Gasteiger partial charge in [0.1, 0.15) is 9.84 Å². The van der Waals surface area contributed by atoms with Gasteiger partial charge in [-0.05, 0) is 30.4 Å². The zero-order valence-electron chi connectivity index (χ0n) is 11.9. The van der Waals surface area contributed by atoms with Gasteiger partial charge < -0.3 is 4.98 Å². The van der Waals surface area contributed by atoms with E-state index in [1.165, 1.54) is 0 Å². The van der Waals surface area contributed by atoms with Crippen molar-refractivity contribution in [1.82, 2.24) is 9.71 Å². The minimum absolute atomic E-state index is 0.0506. The van der Waals surface area contributed by atoms with Crippen LogP contribution in [0.3, 0.4) is 0 Å². The molecule has 0 unspecified atom stereocenters. The number of aromatic amines is 1. The van der Waals surface area contributed by atoms with Gasteiger partial charge in [-0.2, -0.15) is 0 Å². The Morgan fingerprint density at radius 1 is 1.18 bits per heavy atom. The minimum atomic E-state index is -3.50. The summed E-state index contributed by atoms with van der Waals surface area (Å²) in [6, 6.07) is 9.63. The average Bonchev–Trinajstić information content (AvgIpc) is 2.88. The highest BCUT2D eigenvalue weighted by atomic mass is 32.2. The Balaban J connectivity index is 1.67. The number of hydrogen-bond acceptors (Lipinski definition) is 4. The van der Waals surface area contributed by atoms with E-state index >= 15 is 0 Å². The summed E-state index contributed by atoms with van der Waals surface area (Å²) >= 11 is 0. The fraction of sp³-hybridized carbons (Fsp3) is 0.429. The van der Waals surface area contributed by atoms with Crippen molar-refractivity contribution in [1.29, 1.82) is 0 Å². The van der Waals surface area contributed by atoms with E-state index in [-0.39, 0.29) is 30.9 Å². The molecule has 120 valence electrons. The molecule has 0 amide bonds. The largest absolute Gasteiger partial charge is 0.357 e. The van der Waals surface area contributed by atoms with Crippen LogP contribution in [-0.4, -0.2) is 38.6 Å². The lowest BCUT2D eigenvalue weighted by molar-refractivity contribution is 0.542. The molecule has 2 N–H and O–H groups in total. The van der Waals surface area contributed by atoms with E-state index in [0.29, 0.717) is 0 Å². The quantitative estimate of drug-likeness (QED) is 0.871. The van der Waals surface area contributed by atoms with Gasteiger partial charge in [0.05, 0.1) is 23.3 Å². The fourth-order valence-corrected chi connectivity index (χ4v) is 5.94. The monoisotopic (exact) mass is 342 g/mol. The van der Waals surface area contributed by atoms with Crippen LogP contribution in [-0.2, 0) is 26.4 Å². The van der Waals surface area contributed by atoms with Crippen LogP contribution in [0.4, 0.5) is 0 Å². The van der Waals surface area contributed by atoms with Crippen LogP contribution in [0, 0.1) is 0 Å². The van der Waals surface area contributed by atoms with E-state index in [0.717, 1.165) is 16.6 Å². The molecule has 0 spiro atoms. The zero-order valence-corrected chi connectivity index (χ0v) is 13.6. The summed E-state index contributed by atoms with van der Waals surface area (Å²) in [4.78, 5) is 3.16. The Labute approximate surface area is 129 Å². The van der Waals surface area contributed by atoms with Crippen molar-refractivity contribution in [2.75, 3.05) is 11.5 Å². The molecule has 1 saturated heterocycles. The van der Waals surface area contributed by atoms with Crippen molar-refractivity contribution in [2.45, 2.75) is 24.6 Å². The summed E-state index contributed by atoms with van der Waals surface area (Å²) < 4.78 is 49.9. The van der Waals surface area contributed by atoms with Crippen LogP contribution >= 0.6 is 0 Å². The van der Waals surface area contributed by atoms with Gasteiger partial charge in [-0.1, -0.05) is 18.2 Å². The van der Waals surface area contributed by atoms with E-state index < -0.39 is 25.1 Å². The Hall–Kier alpha value is -1.38. The lowest BCUT2D eigenvalue weighted by Gasteiger charge is -2.22. The van der Waals surface area contributed by atoms with Crippen molar-refractivity contribution in [3.63, 3.8) is 0 Å². The molecule has 0 atom stereocenters. The molecule has 1 aliphatic heterocycles. The standard InChI is InChI=1S/C14H18N2O4S2/c17-21(18)7-5-13(6-8-21)22(19,20)15-10-12-9-11-3-1-2-4-14(11)16-12/h1-4,9,13,15-16H,5-8,10H2. The number of aromatic nitrogens is 1. The number of nitrogens with one attached hydrogen (secondary N) is 2. The van der Waals surface area contributed by atoms with Crippen molar-refractivity contribution >= 4 is 30.8 Å². The molecular formula is C14H18N2O4S2. The number of H-pyrrole nitrogens is 1. The lowest BCUT2D eigenvalue weighted by Crippen LogP contribution is -2.39. The summed E-state index contributed by atoms with van der Waals surface area (Å²) in [6.07, 6.45) is 0.342. The summed E-state index contributed by atoms with van der Waals surface area (Å²) in [5.74, 6) is -0.101. The molecule has 22 heavy (non-hydrogen) atoms. The van der Waals surface area contributed by atoms with E-state index in [2.05, 4.69) is 9.71 Å². The highest BCUT2D eigenvalue weighted by Gasteiger charge is 2.32. The molecule has 8 heteroatoms. The van der Waals surface area contributed by atoms with Crippen LogP contribution in [0.25, 0.3) is 10.9 Å². The first-order valence-electron chi connectivity index (χ1n) is 7.11.